The van der Waals surface area contributed by atoms with Gasteiger partial charge in [-0.15, -0.1) is 0 Å². The molecule has 3 nitrogen and oxygen atoms in total. The first-order valence-corrected chi connectivity index (χ1v) is 7.28. The van der Waals surface area contributed by atoms with Gasteiger partial charge in [0.2, 0.25) is 0 Å². The van der Waals surface area contributed by atoms with Gasteiger partial charge in [-0.2, -0.15) is 12.6 Å². The van der Waals surface area contributed by atoms with Crippen LogP contribution in [0.5, 0.6) is 0 Å². The Morgan fingerprint density at radius 1 is 1.40 bits per heavy atom. The van der Waals surface area contributed by atoms with Crippen LogP contribution in [-0.4, -0.2) is 18.5 Å². The van der Waals surface area contributed by atoms with Gasteiger partial charge in [0.1, 0.15) is 6.61 Å². The highest BCUT2D eigenvalue weighted by Crippen LogP contribution is 2.25. The van der Waals surface area contributed by atoms with E-state index in [2.05, 4.69) is 30.6 Å². The maximum Gasteiger partial charge on any atom is 0.407 e. The van der Waals surface area contributed by atoms with Crippen molar-refractivity contribution < 1.29 is 9.53 Å². The first-order valence-electron chi connectivity index (χ1n) is 6.65. The summed E-state index contributed by atoms with van der Waals surface area (Å²) in [6, 6.07) is 8.06. The Balaban J connectivity index is 2.91. The quantitative estimate of drug-likeness (QED) is 0.620. The van der Waals surface area contributed by atoms with Gasteiger partial charge in [-0.1, -0.05) is 36.4 Å². The molecule has 0 aromatic heterocycles. The predicted octanol–water partition coefficient (Wildman–Crippen LogP) is 3.70. The van der Waals surface area contributed by atoms with Gasteiger partial charge in [-0.05, 0) is 38.3 Å². The molecule has 0 bridgehead atoms. The molecule has 0 aliphatic rings. The summed E-state index contributed by atoms with van der Waals surface area (Å²) in [4.78, 5) is 11.7. The Labute approximate surface area is 126 Å². The molecule has 0 fully saturated rings. The number of hydrogen-bond acceptors (Lipinski definition) is 3. The molecule has 0 heterocycles. The van der Waals surface area contributed by atoms with Crippen molar-refractivity contribution in [3.63, 3.8) is 0 Å². The molecule has 0 radical (unpaired) electrons. The normalized spacial score (nSPS) is 11.0. The van der Waals surface area contributed by atoms with Gasteiger partial charge in [0, 0.05) is 5.75 Å². The lowest BCUT2D eigenvalue weighted by Crippen LogP contribution is -2.42. The molecule has 0 saturated heterocycles. The number of hydrogen-bond donors (Lipinski definition) is 2. The number of rotatable bonds is 6. The van der Waals surface area contributed by atoms with Crippen LogP contribution in [0, 0.1) is 0 Å². The Morgan fingerprint density at radius 2 is 2.05 bits per heavy atom. The lowest BCUT2D eigenvalue weighted by molar-refractivity contribution is 0.142. The van der Waals surface area contributed by atoms with Crippen molar-refractivity contribution in [1.82, 2.24) is 5.32 Å². The lowest BCUT2D eigenvalue weighted by Gasteiger charge is -2.29. The predicted molar refractivity (Wildman–Crippen MR) is 86.3 cm³/mol. The molecule has 0 unspecified atom stereocenters. The monoisotopic (exact) mass is 293 g/mol. The second kappa shape index (κ2) is 7.39. The van der Waals surface area contributed by atoms with E-state index < -0.39 is 11.6 Å². The van der Waals surface area contributed by atoms with Crippen LogP contribution in [-0.2, 0) is 16.7 Å². The number of benzene rings is 1. The van der Waals surface area contributed by atoms with Crippen LogP contribution in [0.3, 0.4) is 0 Å². The van der Waals surface area contributed by atoms with Crippen LogP contribution in [0.15, 0.2) is 36.4 Å². The summed E-state index contributed by atoms with van der Waals surface area (Å²) >= 11 is 4.02. The largest absolute Gasteiger partial charge is 0.449 e. The van der Waals surface area contributed by atoms with Crippen molar-refractivity contribution in [3.05, 3.63) is 47.5 Å². The zero-order valence-electron chi connectivity index (χ0n) is 12.4. The Kier molecular flexibility index (Phi) is 6.14. The molecule has 4 heteroatoms. The summed E-state index contributed by atoms with van der Waals surface area (Å²) in [6.45, 7) is 10.2. The van der Waals surface area contributed by atoms with E-state index in [-0.39, 0.29) is 0 Å². The van der Waals surface area contributed by atoms with Gasteiger partial charge in [0.05, 0.1) is 5.54 Å². The van der Waals surface area contributed by atoms with Crippen LogP contribution in [0.2, 0.25) is 0 Å². The molecule has 1 amide bonds. The Morgan fingerprint density at radius 3 is 2.65 bits per heavy atom. The highest BCUT2D eigenvalue weighted by molar-refractivity contribution is 7.80. The maximum absolute atomic E-state index is 11.7. The molecule has 0 aliphatic carbocycles. The fraction of sp³-hybridized carbons (Fsp3) is 0.438. The second-order valence-corrected chi connectivity index (χ2v) is 5.85. The standard InChI is InChI=1S/C16H23NO2S/c1-12(2)11-13-7-5-6-8-14(13)16(3,4)17-15(18)19-9-10-20/h5-8,20H,1,9-11H2,2-4H3,(H,17,18). The van der Waals surface area contributed by atoms with Gasteiger partial charge < -0.3 is 10.1 Å². The third-order valence-corrected chi connectivity index (χ3v) is 3.10. The minimum absolute atomic E-state index is 0.304. The zero-order chi connectivity index (χ0) is 15.2. The fourth-order valence-electron chi connectivity index (χ4n) is 2.11. The maximum atomic E-state index is 11.7. The number of carbonyl (C=O) groups excluding carboxylic acids is 1. The number of thiol groups is 1. The van der Waals surface area contributed by atoms with E-state index >= 15 is 0 Å². The summed E-state index contributed by atoms with van der Waals surface area (Å²) in [7, 11) is 0. The molecule has 0 saturated carbocycles. The third kappa shape index (κ3) is 4.93. The highest BCUT2D eigenvalue weighted by Gasteiger charge is 2.25. The molecular weight excluding hydrogens is 270 g/mol. The fourth-order valence-corrected chi connectivity index (χ4v) is 2.20. The molecule has 110 valence electrons. The molecule has 1 aromatic rings. The van der Waals surface area contributed by atoms with E-state index in [0.717, 1.165) is 17.6 Å². The van der Waals surface area contributed by atoms with Gasteiger partial charge in [-0.25, -0.2) is 4.79 Å². The van der Waals surface area contributed by atoms with Crippen LogP contribution >= 0.6 is 12.6 Å². The van der Waals surface area contributed by atoms with E-state index in [1.807, 2.05) is 39.0 Å². The number of alkyl carbamates (subject to hydrolysis) is 1. The minimum Gasteiger partial charge on any atom is -0.449 e. The number of allylic oxidation sites excluding steroid dienone is 1. The summed E-state index contributed by atoms with van der Waals surface area (Å²) in [5, 5.41) is 2.90. The highest BCUT2D eigenvalue weighted by atomic mass is 32.1. The van der Waals surface area contributed by atoms with Crippen LogP contribution < -0.4 is 5.32 Å². The molecule has 0 atom stereocenters. The van der Waals surface area contributed by atoms with Crippen LogP contribution in [0.25, 0.3) is 0 Å². The van der Waals surface area contributed by atoms with Crippen molar-refractivity contribution in [2.75, 3.05) is 12.4 Å². The van der Waals surface area contributed by atoms with E-state index in [9.17, 15) is 4.79 Å². The van der Waals surface area contributed by atoms with Crippen LogP contribution in [0.1, 0.15) is 31.9 Å². The van der Waals surface area contributed by atoms with Gasteiger partial charge >= 0.3 is 6.09 Å². The van der Waals surface area contributed by atoms with Crippen molar-refractivity contribution in [2.45, 2.75) is 32.7 Å². The van der Waals surface area contributed by atoms with Gasteiger partial charge in [0.25, 0.3) is 0 Å². The molecule has 0 aliphatic heterocycles. The van der Waals surface area contributed by atoms with E-state index in [1.165, 1.54) is 5.56 Å². The smallest absolute Gasteiger partial charge is 0.407 e. The topological polar surface area (TPSA) is 38.3 Å². The number of amides is 1. The molecule has 20 heavy (non-hydrogen) atoms. The second-order valence-electron chi connectivity index (χ2n) is 5.40. The Hall–Kier alpha value is -1.42. The summed E-state index contributed by atoms with van der Waals surface area (Å²) in [5.41, 5.74) is 2.83. The first-order chi connectivity index (χ1) is 9.36. The van der Waals surface area contributed by atoms with Crippen molar-refractivity contribution in [2.24, 2.45) is 0 Å². The lowest BCUT2D eigenvalue weighted by atomic mass is 9.88. The molecule has 1 aromatic carbocycles. The minimum atomic E-state index is -0.500. The average Bonchev–Trinajstić information content (AvgIpc) is 2.35. The van der Waals surface area contributed by atoms with Crippen LogP contribution in [0.4, 0.5) is 4.79 Å². The average molecular weight is 293 g/mol. The van der Waals surface area contributed by atoms with Gasteiger partial charge in [-0.3, -0.25) is 0 Å². The summed E-state index contributed by atoms with van der Waals surface area (Å²) in [5.74, 6) is 0.514. The van der Waals surface area contributed by atoms with E-state index in [4.69, 9.17) is 4.74 Å². The SMILES string of the molecule is C=C(C)Cc1ccccc1C(C)(C)NC(=O)OCCS. The van der Waals surface area contributed by atoms with E-state index in [0.29, 0.717) is 12.4 Å². The Bertz CT molecular complexity index is 483. The molecule has 1 rings (SSSR count). The summed E-state index contributed by atoms with van der Waals surface area (Å²) in [6.07, 6.45) is 0.377. The molecule has 0 spiro atoms. The van der Waals surface area contributed by atoms with Crippen molar-refractivity contribution in [1.29, 1.82) is 0 Å². The summed E-state index contributed by atoms with van der Waals surface area (Å²) < 4.78 is 5.03. The molecule has 1 N–H and O–H groups in total. The number of carbonyl (C=O) groups is 1. The number of nitrogens with one attached hydrogen (secondary N) is 1. The van der Waals surface area contributed by atoms with Crippen molar-refractivity contribution >= 4 is 18.7 Å². The third-order valence-electron chi connectivity index (χ3n) is 2.92. The van der Waals surface area contributed by atoms with Crippen molar-refractivity contribution in [3.8, 4) is 0 Å². The first kappa shape index (κ1) is 16.6. The van der Waals surface area contributed by atoms with Gasteiger partial charge in [0.15, 0.2) is 0 Å². The number of ether oxygens (including phenoxy) is 1. The zero-order valence-corrected chi connectivity index (χ0v) is 13.3. The molecular formula is C16H23NO2S. The van der Waals surface area contributed by atoms with E-state index in [1.54, 1.807) is 0 Å².